The Morgan fingerprint density at radius 2 is 1.80 bits per heavy atom. The molecule has 2 atom stereocenters. The molecule has 0 aliphatic carbocycles. The number of likely N-dealkylation sites (tertiary alicyclic amines) is 1. The van der Waals surface area contributed by atoms with Gasteiger partial charge in [-0.15, -0.1) is 0 Å². The second kappa shape index (κ2) is 9.30. The number of carbonyl (C=O) groups excluding carboxylic acids is 2. The molecule has 11 heteroatoms. The smallest absolute Gasteiger partial charge is 0.419 e. The number of rotatable bonds is 4. The number of nitrogens with two attached hydrogens (primary N) is 1. The van der Waals surface area contributed by atoms with Crippen molar-refractivity contribution in [2.24, 2.45) is 17.6 Å². The van der Waals surface area contributed by atoms with Crippen molar-refractivity contribution in [3.05, 3.63) is 27.7 Å². The van der Waals surface area contributed by atoms with E-state index in [0.717, 1.165) is 19.0 Å². The van der Waals surface area contributed by atoms with Gasteiger partial charge in [0.2, 0.25) is 5.91 Å². The molecule has 0 saturated carbocycles. The number of hydrogen-bond acceptors (Lipinski definition) is 5. The van der Waals surface area contributed by atoms with Crippen LogP contribution in [0.2, 0.25) is 10.0 Å². The average Bonchev–Trinajstić information content (AvgIpc) is 3.23. The van der Waals surface area contributed by atoms with Crippen LogP contribution in [0.5, 0.6) is 5.75 Å². The Morgan fingerprint density at radius 1 is 1.17 bits per heavy atom. The first-order valence-electron chi connectivity index (χ1n) is 9.61. The number of piperidine rings is 1. The molecule has 0 bridgehead atoms. The minimum Gasteiger partial charge on any atom is -0.419 e. The third-order valence-electron chi connectivity index (χ3n) is 5.61. The van der Waals surface area contributed by atoms with Crippen molar-refractivity contribution < 1.29 is 27.5 Å². The lowest BCUT2D eigenvalue weighted by molar-refractivity contribution is -0.189. The van der Waals surface area contributed by atoms with E-state index in [1.54, 1.807) is 4.90 Å². The van der Waals surface area contributed by atoms with Crippen molar-refractivity contribution in [2.75, 3.05) is 26.2 Å². The zero-order valence-corrected chi connectivity index (χ0v) is 17.5. The van der Waals surface area contributed by atoms with Crippen molar-refractivity contribution >= 4 is 35.1 Å². The van der Waals surface area contributed by atoms with Gasteiger partial charge in [0.1, 0.15) is 5.75 Å². The highest BCUT2D eigenvalue weighted by atomic mass is 35.5. The molecule has 2 saturated heterocycles. The molecule has 30 heavy (non-hydrogen) atoms. The molecule has 0 aromatic heterocycles. The predicted octanol–water partition coefficient (Wildman–Crippen LogP) is 3.31. The van der Waals surface area contributed by atoms with Crippen LogP contribution < -0.4 is 15.8 Å². The van der Waals surface area contributed by atoms with Gasteiger partial charge in [0.25, 0.3) is 0 Å². The Balaban J connectivity index is 1.72. The Bertz CT molecular complexity index is 808. The van der Waals surface area contributed by atoms with Crippen LogP contribution in [-0.4, -0.2) is 49.1 Å². The Morgan fingerprint density at radius 3 is 2.37 bits per heavy atom. The van der Waals surface area contributed by atoms with Gasteiger partial charge in [-0.25, -0.2) is 4.79 Å². The van der Waals surface area contributed by atoms with E-state index in [1.165, 1.54) is 6.07 Å². The largest absolute Gasteiger partial charge is 0.491 e. The summed E-state index contributed by atoms with van der Waals surface area (Å²) in [7, 11) is 0. The van der Waals surface area contributed by atoms with Gasteiger partial charge in [0.15, 0.2) is 0 Å². The van der Waals surface area contributed by atoms with Crippen LogP contribution >= 0.6 is 23.2 Å². The normalized spacial score (nSPS) is 21.5. The van der Waals surface area contributed by atoms with Crippen molar-refractivity contribution in [3.63, 3.8) is 0 Å². The van der Waals surface area contributed by atoms with Gasteiger partial charge >= 0.3 is 12.1 Å². The standard InChI is InChI=1S/C19H22Cl2F3N3O3/c20-13-7-12(15(8-14(13)21)30-18(29)19(22,23)24)16(25)10-2-5-27(6-3-10)17(28)11-1-4-26-9-11/h7-8,10-11,16,26H,1-6,9,25H2/t11-,16?/m0/s1. The molecule has 0 radical (unpaired) electrons. The Labute approximate surface area is 181 Å². The molecule has 1 aromatic rings. The monoisotopic (exact) mass is 467 g/mol. The molecule has 1 aromatic carbocycles. The highest BCUT2D eigenvalue weighted by Gasteiger charge is 2.42. The number of ether oxygens (including phenoxy) is 1. The first-order valence-corrected chi connectivity index (χ1v) is 10.4. The van der Waals surface area contributed by atoms with Gasteiger partial charge in [0.05, 0.1) is 16.0 Å². The zero-order chi connectivity index (χ0) is 22.1. The predicted molar refractivity (Wildman–Crippen MR) is 105 cm³/mol. The summed E-state index contributed by atoms with van der Waals surface area (Å²) in [6, 6.07) is 1.66. The van der Waals surface area contributed by atoms with Crippen LogP contribution in [0.1, 0.15) is 30.9 Å². The van der Waals surface area contributed by atoms with E-state index in [2.05, 4.69) is 10.1 Å². The molecule has 1 unspecified atom stereocenters. The lowest BCUT2D eigenvalue weighted by Crippen LogP contribution is -2.44. The Hall–Kier alpha value is -1.55. The van der Waals surface area contributed by atoms with E-state index in [0.29, 0.717) is 32.5 Å². The number of nitrogens with one attached hydrogen (secondary N) is 1. The molecule has 0 spiro atoms. The summed E-state index contributed by atoms with van der Waals surface area (Å²) < 4.78 is 42.5. The van der Waals surface area contributed by atoms with Gasteiger partial charge in [0, 0.05) is 37.3 Å². The summed E-state index contributed by atoms with van der Waals surface area (Å²) in [5.41, 5.74) is 6.50. The van der Waals surface area contributed by atoms with E-state index in [1.807, 2.05) is 0 Å². The van der Waals surface area contributed by atoms with Gasteiger partial charge in [-0.2, -0.15) is 13.2 Å². The molecule has 1 amide bonds. The molecule has 3 rings (SSSR count). The fourth-order valence-corrected chi connectivity index (χ4v) is 4.23. The number of hydrogen-bond donors (Lipinski definition) is 2. The molecular weight excluding hydrogens is 446 g/mol. The summed E-state index contributed by atoms with van der Waals surface area (Å²) in [4.78, 5) is 25.7. The van der Waals surface area contributed by atoms with E-state index in [9.17, 15) is 22.8 Å². The number of esters is 1. The van der Waals surface area contributed by atoms with Crippen molar-refractivity contribution in [1.29, 1.82) is 0 Å². The maximum absolute atomic E-state index is 12.6. The number of alkyl halides is 3. The Kier molecular flexibility index (Phi) is 7.16. The third-order valence-corrected chi connectivity index (χ3v) is 6.34. The van der Waals surface area contributed by atoms with Crippen molar-refractivity contribution in [3.8, 4) is 5.75 Å². The summed E-state index contributed by atoms with van der Waals surface area (Å²) >= 11 is 11.9. The number of halogens is 5. The maximum Gasteiger partial charge on any atom is 0.491 e. The molecular formula is C19H22Cl2F3N3O3. The summed E-state index contributed by atoms with van der Waals surface area (Å²) in [6.07, 6.45) is -3.20. The van der Waals surface area contributed by atoms with E-state index in [4.69, 9.17) is 28.9 Å². The third kappa shape index (κ3) is 5.19. The van der Waals surface area contributed by atoms with Crippen LogP contribution in [0.15, 0.2) is 12.1 Å². The fourth-order valence-electron chi connectivity index (χ4n) is 3.91. The zero-order valence-electron chi connectivity index (χ0n) is 16.0. The van der Waals surface area contributed by atoms with Crippen LogP contribution in [0, 0.1) is 11.8 Å². The highest BCUT2D eigenvalue weighted by molar-refractivity contribution is 6.42. The van der Waals surface area contributed by atoms with Crippen LogP contribution in [0.4, 0.5) is 13.2 Å². The second-order valence-corrected chi connectivity index (χ2v) is 8.38. The lowest BCUT2D eigenvalue weighted by Gasteiger charge is -2.36. The van der Waals surface area contributed by atoms with Crippen molar-refractivity contribution in [1.82, 2.24) is 10.2 Å². The number of benzene rings is 1. The average molecular weight is 468 g/mol. The maximum atomic E-state index is 12.6. The molecule has 2 aliphatic rings. The highest BCUT2D eigenvalue weighted by Crippen LogP contribution is 2.39. The quantitative estimate of drug-likeness (QED) is 0.524. The van der Waals surface area contributed by atoms with Gasteiger partial charge < -0.3 is 20.7 Å². The summed E-state index contributed by atoms with van der Waals surface area (Å²) in [5, 5.41) is 3.21. The SMILES string of the molecule is NC(c1cc(Cl)c(Cl)cc1OC(=O)C(F)(F)F)C1CCN(C(=O)[C@H]2CCNC2)CC1. The number of nitrogens with zero attached hydrogens (tertiary/aromatic N) is 1. The second-order valence-electron chi connectivity index (χ2n) is 7.57. The van der Waals surface area contributed by atoms with E-state index < -0.39 is 18.2 Å². The molecule has 6 nitrogen and oxygen atoms in total. The summed E-state index contributed by atoms with van der Waals surface area (Å²) in [5.74, 6) is -2.76. The lowest BCUT2D eigenvalue weighted by atomic mass is 9.85. The summed E-state index contributed by atoms with van der Waals surface area (Å²) in [6.45, 7) is 2.52. The topological polar surface area (TPSA) is 84.7 Å². The molecule has 2 fully saturated rings. The fraction of sp³-hybridized carbons (Fsp3) is 0.579. The molecule has 2 aliphatic heterocycles. The first-order chi connectivity index (χ1) is 14.1. The number of carbonyl (C=O) groups is 2. The first kappa shape index (κ1) is 23.1. The van der Waals surface area contributed by atoms with E-state index in [-0.39, 0.29) is 39.1 Å². The minimum absolute atomic E-state index is 0.0151. The minimum atomic E-state index is -5.16. The van der Waals surface area contributed by atoms with E-state index >= 15 is 0 Å². The molecule has 166 valence electrons. The van der Waals surface area contributed by atoms with Gasteiger partial charge in [-0.3, -0.25) is 4.79 Å². The number of amides is 1. The van der Waals surface area contributed by atoms with Crippen LogP contribution in [-0.2, 0) is 9.59 Å². The van der Waals surface area contributed by atoms with Gasteiger partial charge in [-0.1, -0.05) is 23.2 Å². The van der Waals surface area contributed by atoms with Crippen LogP contribution in [0.3, 0.4) is 0 Å². The van der Waals surface area contributed by atoms with Crippen LogP contribution in [0.25, 0.3) is 0 Å². The molecule has 2 heterocycles. The van der Waals surface area contributed by atoms with Crippen molar-refractivity contribution in [2.45, 2.75) is 31.5 Å². The van der Waals surface area contributed by atoms with Gasteiger partial charge in [-0.05, 0) is 37.8 Å². The molecule has 3 N–H and O–H groups in total.